The van der Waals surface area contributed by atoms with Crippen molar-refractivity contribution in [3.63, 3.8) is 0 Å². The van der Waals surface area contributed by atoms with Gasteiger partial charge in [0.25, 0.3) is 0 Å². The first-order chi connectivity index (χ1) is 12.7. The highest BCUT2D eigenvalue weighted by atomic mass is 16.2. The van der Waals surface area contributed by atoms with E-state index in [9.17, 15) is 4.79 Å². The summed E-state index contributed by atoms with van der Waals surface area (Å²) < 4.78 is 1.75. The molecule has 0 fully saturated rings. The molecule has 0 unspecified atom stereocenters. The summed E-state index contributed by atoms with van der Waals surface area (Å²) in [4.78, 5) is 14.5. The highest BCUT2D eigenvalue weighted by Crippen LogP contribution is 2.16. The third kappa shape index (κ3) is 4.42. The van der Waals surface area contributed by atoms with Crippen LogP contribution in [0, 0.1) is 6.92 Å². The van der Waals surface area contributed by atoms with Crippen LogP contribution >= 0.6 is 0 Å². The molecular formula is C21H26N4O. The fraction of sp³-hybridized carbons (Fsp3) is 0.333. The van der Waals surface area contributed by atoms with Crippen molar-refractivity contribution in [3.05, 3.63) is 60.3 Å². The number of para-hydroxylation sites is 1. The number of nitrogens with zero attached hydrogens (tertiary/aromatic N) is 3. The van der Waals surface area contributed by atoms with Crippen molar-refractivity contribution in [2.75, 3.05) is 24.5 Å². The number of carbonyl (C=O) groups excluding carboxylic acids is 1. The predicted octanol–water partition coefficient (Wildman–Crippen LogP) is 3.38. The van der Waals surface area contributed by atoms with Gasteiger partial charge in [0.2, 0.25) is 5.91 Å². The van der Waals surface area contributed by atoms with E-state index in [4.69, 9.17) is 0 Å². The summed E-state index contributed by atoms with van der Waals surface area (Å²) in [5, 5.41) is 8.35. The molecule has 136 valence electrons. The second-order valence-electron chi connectivity index (χ2n) is 6.48. The molecule has 0 bridgehead atoms. The van der Waals surface area contributed by atoms with Crippen LogP contribution in [0.5, 0.6) is 0 Å². The normalized spacial score (nSPS) is 10.8. The Hall–Kier alpha value is -2.82. The van der Waals surface area contributed by atoms with Gasteiger partial charge in [-0.3, -0.25) is 9.48 Å². The Labute approximate surface area is 154 Å². The van der Waals surface area contributed by atoms with Crippen molar-refractivity contribution in [1.82, 2.24) is 15.1 Å². The number of hydrogen-bond donors (Lipinski definition) is 1. The molecule has 0 saturated carbocycles. The third-order valence-electron chi connectivity index (χ3n) is 4.52. The topological polar surface area (TPSA) is 50.2 Å². The van der Waals surface area contributed by atoms with E-state index in [0.29, 0.717) is 6.54 Å². The molecule has 0 saturated heterocycles. The fourth-order valence-corrected chi connectivity index (χ4v) is 3.14. The van der Waals surface area contributed by atoms with Gasteiger partial charge >= 0.3 is 0 Å². The van der Waals surface area contributed by atoms with E-state index in [1.165, 1.54) is 11.3 Å². The van der Waals surface area contributed by atoms with Crippen molar-refractivity contribution in [1.29, 1.82) is 0 Å². The summed E-state index contributed by atoms with van der Waals surface area (Å²) in [6, 6.07) is 16.5. The van der Waals surface area contributed by atoms with Crippen molar-refractivity contribution < 1.29 is 4.79 Å². The number of fused-ring (bicyclic) bond motifs is 1. The molecule has 1 heterocycles. The van der Waals surface area contributed by atoms with Crippen molar-refractivity contribution in [2.24, 2.45) is 0 Å². The molecule has 5 heteroatoms. The SMILES string of the molecule is CCN(CCCNC(=O)Cn1ncc2ccccc21)c1cccc(C)c1. The second kappa shape index (κ2) is 8.52. The Morgan fingerprint density at radius 3 is 2.85 bits per heavy atom. The molecule has 3 aromatic rings. The van der Waals surface area contributed by atoms with Crippen LogP contribution in [-0.2, 0) is 11.3 Å². The first kappa shape index (κ1) is 18.0. The van der Waals surface area contributed by atoms with E-state index < -0.39 is 0 Å². The van der Waals surface area contributed by atoms with Crippen molar-refractivity contribution in [2.45, 2.75) is 26.8 Å². The molecule has 3 rings (SSSR count). The molecule has 26 heavy (non-hydrogen) atoms. The van der Waals surface area contributed by atoms with Crippen LogP contribution < -0.4 is 10.2 Å². The molecule has 0 aliphatic carbocycles. The summed E-state index contributed by atoms with van der Waals surface area (Å²) in [5.41, 5.74) is 3.49. The van der Waals surface area contributed by atoms with Gasteiger partial charge in [0.05, 0.1) is 11.7 Å². The molecular weight excluding hydrogens is 324 g/mol. The van der Waals surface area contributed by atoms with E-state index >= 15 is 0 Å². The van der Waals surface area contributed by atoms with Gasteiger partial charge in [-0.1, -0.05) is 30.3 Å². The summed E-state index contributed by atoms with van der Waals surface area (Å²) in [6.07, 6.45) is 2.71. The fourth-order valence-electron chi connectivity index (χ4n) is 3.14. The van der Waals surface area contributed by atoms with Gasteiger partial charge in [0.15, 0.2) is 0 Å². The Morgan fingerprint density at radius 2 is 2.04 bits per heavy atom. The minimum atomic E-state index is -0.00235. The number of aromatic nitrogens is 2. The molecule has 0 radical (unpaired) electrons. The van der Waals surface area contributed by atoms with Gasteiger partial charge in [-0.15, -0.1) is 0 Å². The number of nitrogens with one attached hydrogen (secondary N) is 1. The van der Waals surface area contributed by atoms with Gasteiger partial charge < -0.3 is 10.2 Å². The van der Waals surface area contributed by atoms with Crippen LogP contribution in [0.4, 0.5) is 5.69 Å². The van der Waals surface area contributed by atoms with Crippen LogP contribution in [0.25, 0.3) is 10.9 Å². The molecule has 1 aromatic heterocycles. The number of amides is 1. The highest BCUT2D eigenvalue weighted by Gasteiger charge is 2.08. The van der Waals surface area contributed by atoms with E-state index in [1.54, 1.807) is 10.9 Å². The molecule has 1 N–H and O–H groups in total. The molecule has 5 nitrogen and oxygen atoms in total. The van der Waals surface area contributed by atoms with Crippen LogP contribution in [0.3, 0.4) is 0 Å². The van der Waals surface area contributed by atoms with Gasteiger partial charge in [0.1, 0.15) is 6.54 Å². The summed E-state index contributed by atoms with van der Waals surface area (Å²) in [5.74, 6) is -0.00235. The molecule has 0 atom stereocenters. The average Bonchev–Trinajstić information content (AvgIpc) is 3.05. The lowest BCUT2D eigenvalue weighted by atomic mass is 10.2. The van der Waals surface area contributed by atoms with Gasteiger partial charge in [0, 0.05) is 30.7 Å². The van der Waals surface area contributed by atoms with Crippen molar-refractivity contribution >= 4 is 22.5 Å². The molecule has 0 spiro atoms. The third-order valence-corrected chi connectivity index (χ3v) is 4.52. The maximum Gasteiger partial charge on any atom is 0.241 e. The molecule has 1 amide bonds. The molecule has 0 aliphatic heterocycles. The van der Waals surface area contributed by atoms with E-state index in [1.807, 2.05) is 24.3 Å². The lowest BCUT2D eigenvalue weighted by molar-refractivity contribution is -0.121. The number of aryl methyl sites for hydroxylation is 1. The van der Waals surface area contributed by atoms with E-state index in [0.717, 1.165) is 30.4 Å². The maximum absolute atomic E-state index is 12.2. The number of rotatable bonds is 8. The van der Waals surface area contributed by atoms with Crippen LogP contribution in [-0.4, -0.2) is 35.3 Å². The average molecular weight is 350 g/mol. The smallest absolute Gasteiger partial charge is 0.241 e. The quantitative estimate of drug-likeness (QED) is 0.634. The first-order valence-corrected chi connectivity index (χ1v) is 9.16. The summed E-state index contributed by atoms with van der Waals surface area (Å²) in [6.45, 7) is 7.06. The molecule has 0 aliphatic rings. The largest absolute Gasteiger partial charge is 0.372 e. The first-order valence-electron chi connectivity index (χ1n) is 9.16. The monoisotopic (exact) mass is 350 g/mol. The Kier molecular flexibility index (Phi) is 5.89. The highest BCUT2D eigenvalue weighted by molar-refractivity contribution is 5.81. The van der Waals surface area contributed by atoms with Gasteiger partial charge in [-0.05, 0) is 44.0 Å². The maximum atomic E-state index is 12.2. The zero-order chi connectivity index (χ0) is 18.4. The summed E-state index contributed by atoms with van der Waals surface area (Å²) >= 11 is 0. The van der Waals surface area contributed by atoms with E-state index in [2.05, 4.69) is 53.4 Å². The lowest BCUT2D eigenvalue weighted by Crippen LogP contribution is -2.32. The Balaban J connectivity index is 1.46. The zero-order valence-electron chi connectivity index (χ0n) is 15.5. The minimum Gasteiger partial charge on any atom is -0.372 e. The standard InChI is InChI=1S/C21H26N4O/c1-3-24(19-10-6-8-17(2)14-19)13-7-12-22-21(26)16-25-20-11-5-4-9-18(20)15-23-25/h4-6,8-11,14-15H,3,7,12-13,16H2,1-2H3,(H,22,26). The minimum absolute atomic E-state index is 0.00235. The Morgan fingerprint density at radius 1 is 1.19 bits per heavy atom. The number of hydrogen-bond acceptors (Lipinski definition) is 3. The second-order valence-corrected chi connectivity index (χ2v) is 6.48. The number of carbonyl (C=O) groups is 1. The van der Waals surface area contributed by atoms with Crippen LogP contribution in [0.1, 0.15) is 18.9 Å². The predicted molar refractivity (Wildman–Crippen MR) is 106 cm³/mol. The Bertz CT molecular complexity index is 871. The van der Waals surface area contributed by atoms with Gasteiger partial charge in [-0.25, -0.2) is 0 Å². The zero-order valence-corrected chi connectivity index (χ0v) is 15.5. The lowest BCUT2D eigenvalue weighted by Gasteiger charge is -2.23. The van der Waals surface area contributed by atoms with Crippen LogP contribution in [0.2, 0.25) is 0 Å². The number of anilines is 1. The summed E-state index contributed by atoms with van der Waals surface area (Å²) in [7, 11) is 0. The van der Waals surface area contributed by atoms with Gasteiger partial charge in [-0.2, -0.15) is 5.10 Å². The van der Waals surface area contributed by atoms with E-state index in [-0.39, 0.29) is 12.5 Å². The van der Waals surface area contributed by atoms with Crippen LogP contribution in [0.15, 0.2) is 54.7 Å². The molecule has 2 aromatic carbocycles. The number of benzene rings is 2. The van der Waals surface area contributed by atoms with Crippen molar-refractivity contribution in [3.8, 4) is 0 Å².